The molecule has 1 aliphatic heterocycles. The molecule has 1 aliphatic rings. The fourth-order valence-electron chi connectivity index (χ4n) is 1.79. The molecule has 0 aromatic heterocycles. The van der Waals surface area contributed by atoms with Gasteiger partial charge >= 0.3 is 12.0 Å². The number of hydrogen-bond acceptors (Lipinski definition) is 3. The van der Waals surface area contributed by atoms with Crippen LogP contribution in [0.15, 0.2) is 0 Å². The molecule has 98 valence electrons. The summed E-state index contributed by atoms with van der Waals surface area (Å²) in [6.45, 7) is 6.15. The molecule has 1 heterocycles. The third-order valence-electron chi connectivity index (χ3n) is 2.79. The Morgan fingerprint density at radius 1 is 1.53 bits per heavy atom. The molecule has 0 bridgehead atoms. The van der Waals surface area contributed by atoms with Crippen molar-refractivity contribution in [3.63, 3.8) is 0 Å². The zero-order chi connectivity index (χ0) is 13.0. The van der Waals surface area contributed by atoms with Gasteiger partial charge in [0, 0.05) is 30.1 Å². The molecule has 1 N–H and O–H groups in total. The number of carbonyl (C=O) groups excluding carboxylic acids is 1. The summed E-state index contributed by atoms with van der Waals surface area (Å²) >= 11 is 1.83. The maximum atomic E-state index is 12.3. The van der Waals surface area contributed by atoms with E-state index in [4.69, 9.17) is 5.11 Å². The van der Waals surface area contributed by atoms with Gasteiger partial charge in [0.25, 0.3) is 0 Å². The Kier molecular flexibility index (Phi) is 5.11. The van der Waals surface area contributed by atoms with Gasteiger partial charge in [-0.15, -0.1) is 0 Å². The summed E-state index contributed by atoms with van der Waals surface area (Å²) in [5.41, 5.74) is 0. The van der Waals surface area contributed by atoms with Crippen LogP contribution in [0.4, 0.5) is 4.79 Å². The predicted octanol–water partition coefficient (Wildman–Crippen LogP) is 1.34. The van der Waals surface area contributed by atoms with E-state index >= 15 is 0 Å². The van der Waals surface area contributed by atoms with E-state index in [0.29, 0.717) is 6.54 Å². The topological polar surface area (TPSA) is 60.9 Å². The van der Waals surface area contributed by atoms with Gasteiger partial charge in [0.2, 0.25) is 0 Å². The third kappa shape index (κ3) is 3.80. The lowest BCUT2D eigenvalue weighted by molar-refractivity contribution is -0.138. The Labute approximate surface area is 106 Å². The van der Waals surface area contributed by atoms with Crippen molar-refractivity contribution in [2.45, 2.75) is 32.9 Å². The molecule has 0 aromatic carbocycles. The number of amides is 2. The highest BCUT2D eigenvalue weighted by Gasteiger charge is 2.29. The number of rotatable bonds is 3. The van der Waals surface area contributed by atoms with Gasteiger partial charge < -0.3 is 14.9 Å². The first-order valence-electron chi connectivity index (χ1n) is 5.80. The molecular formula is C11H20N2O3S. The van der Waals surface area contributed by atoms with E-state index in [1.54, 1.807) is 4.90 Å². The fourth-order valence-corrected chi connectivity index (χ4v) is 2.81. The summed E-state index contributed by atoms with van der Waals surface area (Å²) in [7, 11) is 0. The van der Waals surface area contributed by atoms with Gasteiger partial charge in [0.1, 0.15) is 6.54 Å². The van der Waals surface area contributed by atoms with Crippen molar-refractivity contribution < 1.29 is 14.7 Å². The van der Waals surface area contributed by atoms with Gasteiger partial charge in [-0.3, -0.25) is 4.79 Å². The molecular weight excluding hydrogens is 240 g/mol. The van der Waals surface area contributed by atoms with E-state index < -0.39 is 5.97 Å². The molecule has 1 atom stereocenters. The number of urea groups is 1. The molecule has 1 rings (SSSR count). The lowest BCUT2D eigenvalue weighted by Crippen LogP contribution is -2.53. The van der Waals surface area contributed by atoms with Gasteiger partial charge in [0.05, 0.1) is 0 Å². The minimum atomic E-state index is -0.967. The van der Waals surface area contributed by atoms with Crippen LogP contribution in [0.1, 0.15) is 20.8 Å². The maximum absolute atomic E-state index is 12.3. The molecule has 5 nitrogen and oxygen atoms in total. The summed E-state index contributed by atoms with van der Waals surface area (Å²) in [6, 6.07) is -0.0770. The first kappa shape index (κ1) is 14.2. The van der Waals surface area contributed by atoms with E-state index in [1.807, 2.05) is 32.5 Å². The molecule has 1 fully saturated rings. The zero-order valence-electron chi connectivity index (χ0n) is 10.5. The second kappa shape index (κ2) is 6.14. The van der Waals surface area contributed by atoms with Crippen molar-refractivity contribution in [1.29, 1.82) is 0 Å². The van der Waals surface area contributed by atoms with E-state index in [1.165, 1.54) is 4.90 Å². The summed E-state index contributed by atoms with van der Waals surface area (Å²) in [5.74, 6) is 0.880. The Morgan fingerprint density at radius 2 is 2.18 bits per heavy atom. The standard InChI is InChI=1S/C11H20N2O3S/c1-8(2)13(6-10(14)15)11(16)12-4-5-17-7-9(12)3/h8-9H,4-7H2,1-3H3,(H,14,15). The lowest BCUT2D eigenvalue weighted by Gasteiger charge is -2.38. The van der Waals surface area contributed by atoms with Crippen LogP contribution in [-0.4, -0.2) is 63.6 Å². The number of aliphatic carboxylic acids is 1. The molecule has 0 aliphatic carbocycles. The molecule has 0 spiro atoms. The number of carboxylic acids is 1. The smallest absolute Gasteiger partial charge is 0.323 e. The quantitative estimate of drug-likeness (QED) is 0.832. The van der Waals surface area contributed by atoms with Gasteiger partial charge in [-0.25, -0.2) is 4.79 Å². The molecule has 17 heavy (non-hydrogen) atoms. The van der Waals surface area contributed by atoms with E-state index in [2.05, 4.69) is 0 Å². The van der Waals surface area contributed by atoms with Crippen LogP contribution < -0.4 is 0 Å². The molecule has 1 unspecified atom stereocenters. The Hall–Kier alpha value is -0.910. The highest BCUT2D eigenvalue weighted by atomic mass is 32.2. The minimum Gasteiger partial charge on any atom is -0.480 e. The van der Waals surface area contributed by atoms with E-state index in [9.17, 15) is 9.59 Å². The zero-order valence-corrected chi connectivity index (χ0v) is 11.4. The maximum Gasteiger partial charge on any atom is 0.323 e. The van der Waals surface area contributed by atoms with Crippen LogP contribution in [-0.2, 0) is 4.79 Å². The summed E-state index contributed by atoms with van der Waals surface area (Å²) in [5, 5.41) is 8.83. The van der Waals surface area contributed by atoms with Crippen molar-refractivity contribution in [2.24, 2.45) is 0 Å². The van der Waals surface area contributed by atoms with Crippen LogP contribution in [0.5, 0.6) is 0 Å². The Bertz CT molecular complexity index is 296. The number of nitrogens with zero attached hydrogens (tertiary/aromatic N) is 2. The van der Waals surface area contributed by atoms with Gasteiger partial charge in [0.15, 0.2) is 0 Å². The van der Waals surface area contributed by atoms with Crippen LogP contribution >= 0.6 is 11.8 Å². The molecule has 2 amide bonds. The molecule has 0 aromatic rings. The SMILES string of the molecule is CC(C)N(CC(=O)O)C(=O)N1CCSCC1C. The minimum absolute atomic E-state index is 0.0969. The highest BCUT2D eigenvalue weighted by Crippen LogP contribution is 2.18. The van der Waals surface area contributed by atoms with Crippen LogP contribution in [0.3, 0.4) is 0 Å². The van der Waals surface area contributed by atoms with Gasteiger partial charge in [-0.05, 0) is 20.8 Å². The van der Waals surface area contributed by atoms with E-state index in [-0.39, 0.29) is 24.7 Å². The van der Waals surface area contributed by atoms with Gasteiger partial charge in [-0.1, -0.05) is 0 Å². The second-order valence-electron chi connectivity index (χ2n) is 4.52. The van der Waals surface area contributed by atoms with Crippen LogP contribution in [0.25, 0.3) is 0 Å². The van der Waals surface area contributed by atoms with Crippen LogP contribution in [0.2, 0.25) is 0 Å². The molecule has 6 heteroatoms. The number of thioether (sulfide) groups is 1. The van der Waals surface area contributed by atoms with Crippen molar-refractivity contribution in [1.82, 2.24) is 9.80 Å². The Morgan fingerprint density at radius 3 is 2.65 bits per heavy atom. The van der Waals surface area contributed by atoms with Crippen LogP contribution in [0, 0.1) is 0 Å². The van der Waals surface area contributed by atoms with Crippen molar-refractivity contribution in [3.05, 3.63) is 0 Å². The highest BCUT2D eigenvalue weighted by molar-refractivity contribution is 7.99. The predicted molar refractivity (Wildman–Crippen MR) is 68.4 cm³/mol. The first-order valence-corrected chi connectivity index (χ1v) is 6.95. The molecule has 0 saturated carbocycles. The van der Waals surface area contributed by atoms with Crippen molar-refractivity contribution in [3.8, 4) is 0 Å². The molecule has 1 saturated heterocycles. The summed E-state index contributed by atoms with van der Waals surface area (Å²) in [6.07, 6.45) is 0. The van der Waals surface area contributed by atoms with E-state index in [0.717, 1.165) is 11.5 Å². The monoisotopic (exact) mass is 260 g/mol. The second-order valence-corrected chi connectivity index (χ2v) is 5.67. The van der Waals surface area contributed by atoms with Crippen molar-refractivity contribution >= 4 is 23.8 Å². The first-order chi connectivity index (χ1) is 7.93. The lowest BCUT2D eigenvalue weighted by atomic mass is 10.3. The number of hydrogen-bond donors (Lipinski definition) is 1. The van der Waals surface area contributed by atoms with Crippen molar-refractivity contribution in [2.75, 3.05) is 24.6 Å². The average Bonchev–Trinajstić information content (AvgIpc) is 2.25. The third-order valence-corrected chi connectivity index (χ3v) is 3.98. The summed E-state index contributed by atoms with van der Waals surface area (Å²) in [4.78, 5) is 26.2. The summed E-state index contributed by atoms with van der Waals surface area (Å²) < 4.78 is 0. The van der Waals surface area contributed by atoms with Gasteiger partial charge in [-0.2, -0.15) is 11.8 Å². The number of carboxylic acid groups (broad SMARTS) is 1. The Balaban J connectivity index is 2.72. The number of carbonyl (C=O) groups is 2. The fraction of sp³-hybridized carbons (Fsp3) is 0.818. The normalized spacial score (nSPS) is 20.5. The average molecular weight is 260 g/mol. The molecule has 0 radical (unpaired) electrons. The largest absolute Gasteiger partial charge is 0.480 e.